The molecule has 1 amide bonds. The molecule has 5 heteroatoms. The van der Waals surface area contributed by atoms with E-state index in [-0.39, 0.29) is 11.8 Å². The van der Waals surface area contributed by atoms with Gasteiger partial charge in [-0.25, -0.2) is 0 Å². The third-order valence-corrected chi connectivity index (χ3v) is 5.46. The number of carbonyl (C=O) groups excluding carboxylic acids is 1. The minimum atomic E-state index is -0.328. The molecule has 168 valence electrons. The third kappa shape index (κ3) is 5.63. The maximum Gasteiger partial charge on any atom is 0.231 e. The summed E-state index contributed by atoms with van der Waals surface area (Å²) in [6, 6.07) is 29.0. The van der Waals surface area contributed by atoms with Crippen molar-refractivity contribution in [3.8, 4) is 17.2 Å². The molecule has 0 saturated heterocycles. The van der Waals surface area contributed by atoms with Crippen LogP contribution in [0, 0.1) is 0 Å². The second kappa shape index (κ2) is 10.6. The zero-order valence-electron chi connectivity index (χ0n) is 18.8. The normalized spacial score (nSPS) is 11.6. The van der Waals surface area contributed by atoms with Crippen LogP contribution < -0.4 is 19.5 Å². The fourth-order valence-electron chi connectivity index (χ4n) is 3.55. The van der Waals surface area contributed by atoms with Crippen LogP contribution in [0.3, 0.4) is 0 Å². The van der Waals surface area contributed by atoms with Gasteiger partial charge in [-0.2, -0.15) is 0 Å². The van der Waals surface area contributed by atoms with Gasteiger partial charge in [-0.1, -0.05) is 54.6 Å². The highest BCUT2D eigenvalue weighted by Crippen LogP contribution is 2.28. The Kier molecular flexibility index (Phi) is 7.10. The van der Waals surface area contributed by atoms with Gasteiger partial charge in [-0.15, -0.1) is 0 Å². The minimum Gasteiger partial charge on any atom is -0.497 e. The van der Waals surface area contributed by atoms with Gasteiger partial charge in [0.2, 0.25) is 5.91 Å². The number of methoxy groups -OCH3 is 1. The van der Waals surface area contributed by atoms with E-state index in [4.69, 9.17) is 14.2 Å². The largest absolute Gasteiger partial charge is 0.497 e. The van der Waals surface area contributed by atoms with Crippen LogP contribution in [0.2, 0.25) is 0 Å². The summed E-state index contributed by atoms with van der Waals surface area (Å²) in [4.78, 5) is 13.0. The molecule has 1 atom stereocenters. The maximum absolute atomic E-state index is 13.0. The summed E-state index contributed by atoms with van der Waals surface area (Å²) < 4.78 is 16.8. The van der Waals surface area contributed by atoms with Crippen molar-refractivity contribution in [2.24, 2.45) is 0 Å². The lowest BCUT2D eigenvalue weighted by molar-refractivity contribution is -0.117. The van der Waals surface area contributed by atoms with Gasteiger partial charge >= 0.3 is 0 Å². The number of hydrogen-bond acceptors (Lipinski definition) is 4. The summed E-state index contributed by atoms with van der Waals surface area (Å²) in [5.41, 5.74) is 1.58. The van der Waals surface area contributed by atoms with Gasteiger partial charge in [0, 0.05) is 0 Å². The first kappa shape index (κ1) is 22.2. The maximum atomic E-state index is 13.0. The summed E-state index contributed by atoms with van der Waals surface area (Å²) in [5.74, 6) is 1.79. The Morgan fingerprint density at radius 2 is 1.48 bits per heavy atom. The number of ether oxygens (including phenoxy) is 3. The van der Waals surface area contributed by atoms with Crippen LogP contribution in [-0.2, 0) is 4.79 Å². The van der Waals surface area contributed by atoms with Gasteiger partial charge in [-0.05, 0) is 59.7 Å². The van der Waals surface area contributed by atoms with Gasteiger partial charge in [0.15, 0.2) is 0 Å². The Morgan fingerprint density at radius 1 is 0.788 bits per heavy atom. The van der Waals surface area contributed by atoms with Crippen molar-refractivity contribution < 1.29 is 19.0 Å². The van der Waals surface area contributed by atoms with Crippen molar-refractivity contribution in [1.29, 1.82) is 0 Å². The lowest BCUT2D eigenvalue weighted by Crippen LogP contribution is -2.19. The topological polar surface area (TPSA) is 56.8 Å². The van der Waals surface area contributed by atoms with E-state index < -0.39 is 0 Å². The van der Waals surface area contributed by atoms with Crippen LogP contribution in [0.5, 0.6) is 17.2 Å². The summed E-state index contributed by atoms with van der Waals surface area (Å²) in [6.45, 7) is 2.67. The lowest BCUT2D eigenvalue weighted by Gasteiger charge is -2.16. The summed E-state index contributed by atoms with van der Waals surface area (Å²) in [6.07, 6.45) is 0. The molecule has 1 N–H and O–H groups in total. The molecule has 0 aliphatic rings. The first-order valence-corrected chi connectivity index (χ1v) is 10.9. The average Bonchev–Trinajstić information content (AvgIpc) is 2.87. The molecule has 4 rings (SSSR count). The smallest absolute Gasteiger partial charge is 0.231 e. The zero-order chi connectivity index (χ0) is 23.0. The second-order valence-electron chi connectivity index (χ2n) is 7.69. The molecular formula is C28H27NO4. The fraction of sp³-hybridized carbons (Fsp3) is 0.179. The molecule has 0 bridgehead atoms. The van der Waals surface area contributed by atoms with Crippen molar-refractivity contribution in [3.05, 3.63) is 96.6 Å². The number of benzene rings is 4. The SMILES string of the molecule is COc1ccc2cc([C@H](C)C(=O)Nc3ccccc3OCCOc3ccccc3)ccc2c1. The Hall–Kier alpha value is -3.99. The summed E-state index contributed by atoms with van der Waals surface area (Å²) >= 11 is 0. The molecule has 4 aromatic rings. The standard InChI is InChI=1S/C28H27NO4/c1-20(21-12-13-23-19-25(31-2)15-14-22(23)18-21)28(30)29-26-10-6-7-11-27(26)33-17-16-32-24-8-4-3-5-9-24/h3-15,18-20H,16-17H2,1-2H3,(H,29,30)/t20-/m0/s1. The zero-order valence-corrected chi connectivity index (χ0v) is 18.8. The average molecular weight is 442 g/mol. The van der Waals surface area contributed by atoms with E-state index in [1.165, 1.54) is 0 Å². The van der Waals surface area contributed by atoms with Crippen molar-refractivity contribution >= 4 is 22.4 Å². The molecule has 0 aromatic heterocycles. The van der Waals surface area contributed by atoms with E-state index in [2.05, 4.69) is 5.32 Å². The number of fused-ring (bicyclic) bond motifs is 1. The number of carbonyl (C=O) groups is 1. The predicted octanol–water partition coefficient (Wildman–Crippen LogP) is 6.05. The number of anilines is 1. The van der Waals surface area contributed by atoms with Crippen LogP contribution in [0.15, 0.2) is 91.0 Å². The van der Waals surface area contributed by atoms with E-state index in [0.29, 0.717) is 24.7 Å². The van der Waals surface area contributed by atoms with Gasteiger partial charge in [-0.3, -0.25) is 4.79 Å². The molecule has 0 spiro atoms. The van der Waals surface area contributed by atoms with Crippen molar-refractivity contribution in [1.82, 2.24) is 0 Å². The number of hydrogen-bond donors (Lipinski definition) is 1. The molecule has 0 aliphatic carbocycles. The second-order valence-corrected chi connectivity index (χ2v) is 7.69. The lowest BCUT2D eigenvalue weighted by atomic mass is 9.97. The van der Waals surface area contributed by atoms with Gasteiger partial charge in [0.05, 0.1) is 18.7 Å². The fourth-order valence-corrected chi connectivity index (χ4v) is 3.55. The molecular weight excluding hydrogens is 414 g/mol. The quantitative estimate of drug-likeness (QED) is 0.321. The Balaban J connectivity index is 1.39. The number of nitrogens with one attached hydrogen (secondary N) is 1. The van der Waals surface area contributed by atoms with E-state index in [0.717, 1.165) is 27.8 Å². The van der Waals surface area contributed by atoms with Crippen LogP contribution >= 0.6 is 0 Å². The van der Waals surface area contributed by atoms with Gasteiger partial charge in [0.1, 0.15) is 30.5 Å². The third-order valence-electron chi connectivity index (χ3n) is 5.46. The first-order chi connectivity index (χ1) is 16.1. The van der Waals surface area contributed by atoms with E-state index >= 15 is 0 Å². The Labute approximate surface area is 193 Å². The monoisotopic (exact) mass is 441 g/mol. The Bertz CT molecular complexity index is 1220. The molecule has 0 radical (unpaired) electrons. The highest BCUT2D eigenvalue weighted by atomic mass is 16.5. The molecule has 33 heavy (non-hydrogen) atoms. The van der Waals surface area contributed by atoms with Crippen molar-refractivity contribution in [2.45, 2.75) is 12.8 Å². The van der Waals surface area contributed by atoms with E-state index in [9.17, 15) is 4.79 Å². The highest BCUT2D eigenvalue weighted by molar-refractivity contribution is 5.97. The predicted molar refractivity (Wildman–Crippen MR) is 131 cm³/mol. The van der Waals surface area contributed by atoms with E-state index in [1.807, 2.05) is 97.9 Å². The van der Waals surface area contributed by atoms with Gasteiger partial charge < -0.3 is 19.5 Å². The molecule has 4 aromatic carbocycles. The molecule has 5 nitrogen and oxygen atoms in total. The number of rotatable bonds is 9. The molecule has 0 saturated carbocycles. The minimum absolute atomic E-state index is 0.0977. The van der Waals surface area contributed by atoms with E-state index in [1.54, 1.807) is 7.11 Å². The van der Waals surface area contributed by atoms with Crippen LogP contribution in [0.25, 0.3) is 10.8 Å². The van der Waals surface area contributed by atoms with Crippen molar-refractivity contribution in [3.63, 3.8) is 0 Å². The molecule has 0 fully saturated rings. The van der Waals surface area contributed by atoms with Crippen LogP contribution in [0.4, 0.5) is 5.69 Å². The number of amides is 1. The molecule has 0 aliphatic heterocycles. The van der Waals surface area contributed by atoms with Crippen molar-refractivity contribution in [2.75, 3.05) is 25.6 Å². The first-order valence-electron chi connectivity index (χ1n) is 10.9. The molecule has 0 heterocycles. The van der Waals surface area contributed by atoms with Crippen LogP contribution in [0.1, 0.15) is 18.4 Å². The highest BCUT2D eigenvalue weighted by Gasteiger charge is 2.17. The summed E-state index contributed by atoms with van der Waals surface area (Å²) in [7, 11) is 1.65. The van der Waals surface area contributed by atoms with Gasteiger partial charge in [0.25, 0.3) is 0 Å². The van der Waals surface area contributed by atoms with Crippen LogP contribution in [-0.4, -0.2) is 26.2 Å². The molecule has 0 unspecified atom stereocenters. The Morgan fingerprint density at radius 3 is 2.30 bits per heavy atom. The number of para-hydroxylation sites is 3. The summed E-state index contributed by atoms with van der Waals surface area (Å²) in [5, 5.41) is 5.15.